The fraction of sp³-hybridized carbons (Fsp3) is 0.273. The Balaban J connectivity index is 2.08. The molecular formula is C11H12N2O2S. The molecule has 2 aromatic rings. The summed E-state index contributed by atoms with van der Waals surface area (Å²) in [4.78, 5) is 8.00. The highest BCUT2D eigenvalue weighted by Gasteiger charge is 2.10. The van der Waals surface area contributed by atoms with Gasteiger partial charge in [-0.3, -0.25) is 0 Å². The van der Waals surface area contributed by atoms with E-state index < -0.39 is 6.10 Å². The average molecular weight is 236 g/mol. The van der Waals surface area contributed by atoms with E-state index in [1.165, 1.54) is 6.33 Å². The Morgan fingerprint density at radius 1 is 1.50 bits per heavy atom. The maximum atomic E-state index is 9.93. The third-order valence-electron chi connectivity index (χ3n) is 2.24. The fourth-order valence-corrected chi connectivity index (χ4v) is 2.09. The summed E-state index contributed by atoms with van der Waals surface area (Å²) in [5.74, 6) is 0.516. The largest absolute Gasteiger partial charge is 0.481 e. The van der Waals surface area contributed by atoms with Gasteiger partial charge in [-0.15, -0.1) is 0 Å². The quantitative estimate of drug-likeness (QED) is 0.879. The molecular weight excluding hydrogens is 224 g/mol. The topological polar surface area (TPSA) is 55.2 Å². The molecule has 1 atom stereocenters. The number of rotatable bonds is 4. The van der Waals surface area contributed by atoms with Gasteiger partial charge >= 0.3 is 0 Å². The minimum Gasteiger partial charge on any atom is -0.481 e. The van der Waals surface area contributed by atoms with Crippen LogP contribution in [0.25, 0.3) is 0 Å². The van der Waals surface area contributed by atoms with Crippen molar-refractivity contribution in [2.75, 3.05) is 7.11 Å². The smallest absolute Gasteiger partial charge is 0.216 e. The Morgan fingerprint density at radius 3 is 3.06 bits per heavy atom. The number of aromatic nitrogens is 2. The van der Waals surface area contributed by atoms with Crippen molar-refractivity contribution in [3.05, 3.63) is 40.5 Å². The summed E-state index contributed by atoms with van der Waals surface area (Å²) in [5, 5.41) is 13.8. The minimum absolute atomic E-state index is 0.468. The zero-order chi connectivity index (χ0) is 11.4. The molecule has 2 aromatic heterocycles. The predicted octanol–water partition coefficient (Wildman–Crippen LogP) is 1.82. The second-order valence-electron chi connectivity index (χ2n) is 3.33. The molecule has 84 valence electrons. The van der Waals surface area contributed by atoms with E-state index >= 15 is 0 Å². The van der Waals surface area contributed by atoms with Crippen LogP contribution >= 0.6 is 11.3 Å². The summed E-state index contributed by atoms with van der Waals surface area (Å²) in [6.45, 7) is 0. The molecule has 0 aliphatic heterocycles. The number of aliphatic hydroxyl groups excluding tert-OH is 1. The number of nitrogens with zero attached hydrogens (tertiary/aromatic N) is 2. The van der Waals surface area contributed by atoms with E-state index in [-0.39, 0.29) is 0 Å². The molecule has 0 radical (unpaired) electrons. The molecule has 1 N–H and O–H groups in total. The molecule has 0 amide bonds. The summed E-state index contributed by atoms with van der Waals surface area (Å²) in [7, 11) is 1.56. The summed E-state index contributed by atoms with van der Waals surface area (Å²) < 4.78 is 5.00. The summed E-state index contributed by atoms with van der Waals surface area (Å²) >= 11 is 1.57. The highest BCUT2D eigenvalue weighted by molar-refractivity contribution is 7.07. The van der Waals surface area contributed by atoms with E-state index in [1.54, 1.807) is 24.5 Å². The van der Waals surface area contributed by atoms with Crippen molar-refractivity contribution in [1.82, 2.24) is 9.97 Å². The van der Waals surface area contributed by atoms with E-state index in [1.807, 2.05) is 16.8 Å². The first-order valence-corrected chi connectivity index (χ1v) is 5.79. The van der Waals surface area contributed by atoms with Crippen LogP contribution in [0, 0.1) is 0 Å². The van der Waals surface area contributed by atoms with Crippen LogP contribution in [0.2, 0.25) is 0 Å². The zero-order valence-corrected chi connectivity index (χ0v) is 9.65. The van der Waals surface area contributed by atoms with Gasteiger partial charge in [0.05, 0.1) is 18.9 Å². The van der Waals surface area contributed by atoms with Gasteiger partial charge in [0, 0.05) is 12.5 Å². The van der Waals surface area contributed by atoms with Gasteiger partial charge in [-0.1, -0.05) is 0 Å². The Bertz CT molecular complexity index is 445. The maximum Gasteiger partial charge on any atom is 0.216 e. The van der Waals surface area contributed by atoms with E-state index in [2.05, 4.69) is 9.97 Å². The summed E-state index contributed by atoms with van der Waals surface area (Å²) in [6.07, 6.45) is 1.38. The number of hydrogen-bond donors (Lipinski definition) is 1. The van der Waals surface area contributed by atoms with Gasteiger partial charge in [0.25, 0.3) is 0 Å². The molecule has 5 heteroatoms. The third kappa shape index (κ3) is 2.56. The van der Waals surface area contributed by atoms with Crippen LogP contribution in [0.1, 0.15) is 17.4 Å². The maximum absolute atomic E-state index is 9.93. The molecule has 0 aliphatic carbocycles. The first-order valence-electron chi connectivity index (χ1n) is 4.84. The Morgan fingerprint density at radius 2 is 2.38 bits per heavy atom. The number of thiophene rings is 1. The molecule has 16 heavy (non-hydrogen) atoms. The van der Waals surface area contributed by atoms with Gasteiger partial charge in [-0.05, 0) is 22.4 Å². The Labute approximate surface area is 97.6 Å². The van der Waals surface area contributed by atoms with E-state index in [4.69, 9.17) is 4.74 Å². The fourth-order valence-electron chi connectivity index (χ4n) is 1.38. The standard InChI is InChI=1S/C11H12N2O2S/c1-15-11-5-9(12-7-13-11)4-10(14)8-2-3-16-6-8/h2-3,5-7,10,14H,4H2,1H3. The van der Waals surface area contributed by atoms with Gasteiger partial charge in [-0.25, -0.2) is 9.97 Å². The number of ether oxygens (including phenoxy) is 1. The normalized spacial score (nSPS) is 12.4. The van der Waals surface area contributed by atoms with Crippen molar-refractivity contribution >= 4 is 11.3 Å². The van der Waals surface area contributed by atoms with Gasteiger partial charge in [-0.2, -0.15) is 11.3 Å². The molecule has 2 heterocycles. The molecule has 4 nitrogen and oxygen atoms in total. The lowest BCUT2D eigenvalue weighted by Gasteiger charge is -2.08. The van der Waals surface area contributed by atoms with E-state index in [0.717, 1.165) is 11.3 Å². The van der Waals surface area contributed by atoms with Gasteiger partial charge in [0.1, 0.15) is 6.33 Å². The second-order valence-corrected chi connectivity index (χ2v) is 4.11. The van der Waals surface area contributed by atoms with Crippen LogP contribution in [0.15, 0.2) is 29.2 Å². The van der Waals surface area contributed by atoms with Crippen molar-refractivity contribution in [3.8, 4) is 5.88 Å². The van der Waals surface area contributed by atoms with Crippen molar-refractivity contribution in [2.45, 2.75) is 12.5 Å². The summed E-state index contributed by atoms with van der Waals surface area (Å²) in [6, 6.07) is 3.64. The lowest BCUT2D eigenvalue weighted by Crippen LogP contribution is -2.03. The van der Waals surface area contributed by atoms with Crippen LogP contribution in [0.3, 0.4) is 0 Å². The highest BCUT2D eigenvalue weighted by atomic mass is 32.1. The molecule has 0 fully saturated rings. The molecule has 0 aliphatic rings. The Kier molecular flexibility index (Phi) is 3.48. The molecule has 2 rings (SSSR count). The second kappa shape index (κ2) is 5.05. The number of aliphatic hydroxyl groups is 1. The summed E-state index contributed by atoms with van der Waals surface area (Å²) in [5.41, 5.74) is 1.69. The number of methoxy groups -OCH3 is 1. The molecule has 0 saturated carbocycles. The molecule has 0 spiro atoms. The SMILES string of the molecule is COc1cc(CC(O)c2ccsc2)ncn1. The van der Waals surface area contributed by atoms with E-state index in [0.29, 0.717) is 12.3 Å². The van der Waals surface area contributed by atoms with Crippen LogP contribution in [-0.2, 0) is 6.42 Å². The predicted molar refractivity (Wildman–Crippen MR) is 61.6 cm³/mol. The molecule has 0 aromatic carbocycles. The van der Waals surface area contributed by atoms with Crippen LogP contribution < -0.4 is 4.74 Å². The van der Waals surface area contributed by atoms with Crippen LogP contribution in [-0.4, -0.2) is 22.2 Å². The van der Waals surface area contributed by atoms with Crippen molar-refractivity contribution in [2.24, 2.45) is 0 Å². The highest BCUT2D eigenvalue weighted by Crippen LogP contribution is 2.20. The zero-order valence-electron chi connectivity index (χ0n) is 8.83. The third-order valence-corrected chi connectivity index (χ3v) is 2.94. The van der Waals surface area contributed by atoms with Gasteiger partial charge < -0.3 is 9.84 Å². The minimum atomic E-state index is -0.522. The average Bonchev–Trinajstić information content (AvgIpc) is 2.83. The van der Waals surface area contributed by atoms with Crippen molar-refractivity contribution < 1.29 is 9.84 Å². The first kappa shape index (κ1) is 11.0. The van der Waals surface area contributed by atoms with Gasteiger partial charge in [0.15, 0.2) is 0 Å². The van der Waals surface area contributed by atoms with Crippen LogP contribution in [0.5, 0.6) is 5.88 Å². The van der Waals surface area contributed by atoms with E-state index in [9.17, 15) is 5.11 Å². The van der Waals surface area contributed by atoms with Gasteiger partial charge in [0.2, 0.25) is 5.88 Å². The molecule has 0 bridgehead atoms. The first-order chi connectivity index (χ1) is 7.79. The molecule has 0 saturated heterocycles. The van der Waals surface area contributed by atoms with Crippen molar-refractivity contribution in [1.29, 1.82) is 0 Å². The molecule has 1 unspecified atom stereocenters. The number of hydrogen-bond acceptors (Lipinski definition) is 5. The van der Waals surface area contributed by atoms with Crippen LogP contribution in [0.4, 0.5) is 0 Å². The monoisotopic (exact) mass is 236 g/mol. The van der Waals surface area contributed by atoms with Crippen molar-refractivity contribution in [3.63, 3.8) is 0 Å². The lowest BCUT2D eigenvalue weighted by atomic mass is 10.1. The Hall–Kier alpha value is -1.46. The lowest BCUT2D eigenvalue weighted by molar-refractivity contribution is 0.177.